The monoisotopic (exact) mass is 292 g/mol. The maximum Gasteiger partial charge on any atom is 0.254 e. The number of hydrogen-bond donors (Lipinski definition) is 1. The highest BCUT2D eigenvalue weighted by Gasteiger charge is 2.26. The molecule has 108 valence electrons. The van der Waals surface area contributed by atoms with E-state index < -0.39 is 0 Å². The van der Waals surface area contributed by atoms with Gasteiger partial charge < -0.3 is 10.0 Å². The number of aliphatic hydroxyl groups excluding tert-OH is 1. The lowest BCUT2D eigenvalue weighted by Crippen LogP contribution is -2.53. The van der Waals surface area contributed by atoms with Crippen molar-refractivity contribution in [3.8, 4) is 11.8 Å². The highest BCUT2D eigenvalue weighted by atomic mass is 32.1. The molecule has 0 spiro atoms. The van der Waals surface area contributed by atoms with Crippen LogP contribution in [-0.2, 0) is 0 Å². The van der Waals surface area contributed by atoms with Crippen LogP contribution in [0, 0.1) is 11.8 Å². The minimum Gasteiger partial charge on any atom is -0.384 e. The van der Waals surface area contributed by atoms with Gasteiger partial charge in [-0.1, -0.05) is 18.8 Å². The Bertz CT molecular complexity index is 529. The molecule has 0 aliphatic carbocycles. The molecular weight excluding hydrogens is 272 g/mol. The molecule has 1 aromatic heterocycles. The zero-order valence-electron chi connectivity index (χ0n) is 11.9. The van der Waals surface area contributed by atoms with Gasteiger partial charge in [-0.2, -0.15) is 0 Å². The summed E-state index contributed by atoms with van der Waals surface area (Å²) in [7, 11) is 0. The molecule has 1 N–H and O–H groups in total. The number of aliphatic hydroxyl groups is 1. The SMILES string of the molecule is CCN1CCN(C(=O)c2csc(C#CCO)c2)CC1C. The van der Waals surface area contributed by atoms with E-state index in [1.165, 1.54) is 11.3 Å². The molecule has 4 nitrogen and oxygen atoms in total. The highest BCUT2D eigenvalue weighted by Crippen LogP contribution is 2.18. The van der Waals surface area contributed by atoms with Gasteiger partial charge in [0, 0.05) is 31.1 Å². The number of thiophene rings is 1. The second kappa shape index (κ2) is 6.89. The summed E-state index contributed by atoms with van der Waals surface area (Å²) in [6.45, 7) is 7.68. The topological polar surface area (TPSA) is 43.8 Å². The molecule has 1 aliphatic rings. The van der Waals surface area contributed by atoms with Crippen molar-refractivity contribution in [3.05, 3.63) is 21.9 Å². The van der Waals surface area contributed by atoms with Crippen molar-refractivity contribution < 1.29 is 9.90 Å². The summed E-state index contributed by atoms with van der Waals surface area (Å²) in [6.07, 6.45) is 0. The maximum absolute atomic E-state index is 12.4. The summed E-state index contributed by atoms with van der Waals surface area (Å²) in [5.41, 5.74) is 0.703. The molecule has 0 saturated carbocycles. The summed E-state index contributed by atoms with van der Waals surface area (Å²) in [4.78, 5) is 17.6. The molecule has 2 heterocycles. The van der Waals surface area contributed by atoms with E-state index in [1.54, 1.807) is 0 Å². The van der Waals surface area contributed by atoms with Crippen LogP contribution in [0.15, 0.2) is 11.4 Å². The predicted molar refractivity (Wildman–Crippen MR) is 80.9 cm³/mol. The molecule has 20 heavy (non-hydrogen) atoms. The molecule has 0 radical (unpaired) electrons. The Labute approximate surface area is 124 Å². The van der Waals surface area contributed by atoms with Crippen molar-refractivity contribution in [2.45, 2.75) is 19.9 Å². The Balaban J connectivity index is 2.03. The predicted octanol–water partition coefficient (Wildman–Crippen LogP) is 1.26. The van der Waals surface area contributed by atoms with Crippen molar-refractivity contribution in [3.63, 3.8) is 0 Å². The first-order valence-electron chi connectivity index (χ1n) is 6.87. The maximum atomic E-state index is 12.4. The van der Waals surface area contributed by atoms with E-state index in [-0.39, 0.29) is 12.5 Å². The molecule has 1 aliphatic heterocycles. The highest BCUT2D eigenvalue weighted by molar-refractivity contribution is 7.10. The van der Waals surface area contributed by atoms with Gasteiger partial charge in [-0.3, -0.25) is 9.69 Å². The van der Waals surface area contributed by atoms with Gasteiger partial charge in [0.1, 0.15) is 6.61 Å². The van der Waals surface area contributed by atoms with Gasteiger partial charge in [0.05, 0.1) is 10.4 Å². The Morgan fingerprint density at radius 2 is 2.35 bits per heavy atom. The molecule has 1 fully saturated rings. The number of hydrogen-bond acceptors (Lipinski definition) is 4. The standard InChI is InChI=1S/C15H20N2O2S/c1-3-16-6-7-17(10-12(16)2)15(19)13-9-14(20-11-13)5-4-8-18/h9,11-12,18H,3,6-8,10H2,1-2H3. The van der Waals surface area contributed by atoms with E-state index in [4.69, 9.17) is 5.11 Å². The third-order valence-corrected chi connectivity index (χ3v) is 4.44. The zero-order valence-corrected chi connectivity index (χ0v) is 12.7. The average molecular weight is 292 g/mol. The van der Waals surface area contributed by atoms with Crippen LogP contribution in [0.5, 0.6) is 0 Å². The Morgan fingerprint density at radius 1 is 1.55 bits per heavy atom. The van der Waals surface area contributed by atoms with Crippen molar-refractivity contribution in [1.82, 2.24) is 9.80 Å². The Kier molecular flexibility index (Phi) is 5.18. The lowest BCUT2D eigenvalue weighted by molar-refractivity contribution is 0.0529. The smallest absolute Gasteiger partial charge is 0.254 e. The van der Waals surface area contributed by atoms with Crippen molar-refractivity contribution in [2.24, 2.45) is 0 Å². The number of carbonyl (C=O) groups is 1. The fourth-order valence-corrected chi connectivity index (χ4v) is 3.22. The van der Waals surface area contributed by atoms with Crippen LogP contribution in [0.1, 0.15) is 29.1 Å². The largest absolute Gasteiger partial charge is 0.384 e. The molecular formula is C15H20N2O2S. The molecule has 5 heteroatoms. The van der Waals surface area contributed by atoms with Gasteiger partial charge in [0.2, 0.25) is 0 Å². The van der Waals surface area contributed by atoms with Crippen LogP contribution < -0.4 is 0 Å². The minimum absolute atomic E-state index is 0.0842. The van der Waals surface area contributed by atoms with Crippen LogP contribution >= 0.6 is 11.3 Å². The summed E-state index contributed by atoms with van der Waals surface area (Å²) in [5.74, 6) is 5.52. The Morgan fingerprint density at radius 3 is 3.00 bits per heavy atom. The van der Waals surface area contributed by atoms with E-state index in [0.717, 1.165) is 31.1 Å². The molecule has 0 aromatic carbocycles. The third-order valence-electron chi connectivity index (χ3n) is 3.60. The van der Waals surface area contributed by atoms with Crippen LogP contribution in [0.2, 0.25) is 0 Å². The van der Waals surface area contributed by atoms with E-state index in [9.17, 15) is 4.79 Å². The molecule has 1 saturated heterocycles. The number of amides is 1. The minimum atomic E-state index is -0.155. The number of piperazine rings is 1. The second-order valence-corrected chi connectivity index (χ2v) is 5.80. The molecule has 1 amide bonds. The lowest BCUT2D eigenvalue weighted by atomic mass is 10.1. The molecule has 1 aromatic rings. The van der Waals surface area contributed by atoms with E-state index in [2.05, 4.69) is 30.6 Å². The normalized spacial score (nSPS) is 19.6. The van der Waals surface area contributed by atoms with Crippen molar-refractivity contribution in [2.75, 3.05) is 32.8 Å². The van der Waals surface area contributed by atoms with Gasteiger partial charge >= 0.3 is 0 Å². The van der Waals surface area contributed by atoms with E-state index in [0.29, 0.717) is 11.6 Å². The number of likely N-dealkylation sites (N-methyl/N-ethyl adjacent to an activating group) is 1. The molecule has 1 atom stereocenters. The van der Waals surface area contributed by atoms with Gasteiger partial charge in [0.25, 0.3) is 5.91 Å². The van der Waals surface area contributed by atoms with Gasteiger partial charge in [-0.05, 0) is 19.5 Å². The van der Waals surface area contributed by atoms with Crippen molar-refractivity contribution >= 4 is 17.2 Å². The lowest BCUT2D eigenvalue weighted by Gasteiger charge is -2.39. The van der Waals surface area contributed by atoms with Crippen LogP contribution in [0.3, 0.4) is 0 Å². The first-order valence-corrected chi connectivity index (χ1v) is 7.75. The van der Waals surface area contributed by atoms with Crippen LogP contribution in [0.25, 0.3) is 0 Å². The summed E-state index contributed by atoms with van der Waals surface area (Å²) in [6, 6.07) is 2.22. The number of nitrogens with zero attached hydrogens (tertiary/aromatic N) is 2. The average Bonchev–Trinajstić information content (AvgIpc) is 2.93. The van der Waals surface area contributed by atoms with Crippen LogP contribution in [0.4, 0.5) is 0 Å². The Hall–Kier alpha value is -1.35. The first-order chi connectivity index (χ1) is 9.65. The van der Waals surface area contributed by atoms with Crippen LogP contribution in [-0.4, -0.2) is 59.6 Å². The van der Waals surface area contributed by atoms with Gasteiger partial charge in [0.15, 0.2) is 0 Å². The first kappa shape index (κ1) is 15.0. The summed E-state index contributed by atoms with van der Waals surface area (Å²) < 4.78 is 0. The zero-order chi connectivity index (χ0) is 14.5. The fraction of sp³-hybridized carbons (Fsp3) is 0.533. The van der Waals surface area contributed by atoms with Gasteiger partial charge in [-0.15, -0.1) is 11.3 Å². The van der Waals surface area contributed by atoms with Crippen molar-refractivity contribution in [1.29, 1.82) is 0 Å². The van der Waals surface area contributed by atoms with E-state index >= 15 is 0 Å². The quantitative estimate of drug-likeness (QED) is 0.835. The molecule has 0 bridgehead atoms. The number of carbonyl (C=O) groups excluding carboxylic acids is 1. The number of rotatable bonds is 2. The molecule has 2 rings (SSSR count). The second-order valence-electron chi connectivity index (χ2n) is 4.89. The fourth-order valence-electron chi connectivity index (χ4n) is 2.47. The third kappa shape index (κ3) is 3.40. The summed E-state index contributed by atoms with van der Waals surface area (Å²) in [5, 5.41) is 10.5. The van der Waals surface area contributed by atoms with Gasteiger partial charge in [-0.25, -0.2) is 0 Å². The summed E-state index contributed by atoms with van der Waals surface area (Å²) >= 11 is 1.45. The molecule has 1 unspecified atom stereocenters. The van der Waals surface area contributed by atoms with E-state index in [1.807, 2.05) is 16.3 Å².